The van der Waals surface area contributed by atoms with Gasteiger partial charge in [-0.3, -0.25) is 14.4 Å². The zero-order chi connectivity index (χ0) is 60.8. The van der Waals surface area contributed by atoms with Crippen molar-refractivity contribution in [3.63, 3.8) is 0 Å². The van der Waals surface area contributed by atoms with Crippen molar-refractivity contribution in [3.8, 4) is 0 Å². The van der Waals surface area contributed by atoms with Crippen molar-refractivity contribution >= 4 is 169 Å². The van der Waals surface area contributed by atoms with Crippen LogP contribution in [0.15, 0.2) is 179 Å². The maximum atomic E-state index is 12.3. The Hall–Kier alpha value is -2.99. The minimum atomic E-state index is -1.39. The average Bonchev–Trinajstić information content (AvgIpc) is 3.53. The van der Waals surface area contributed by atoms with Crippen LogP contribution in [0.3, 0.4) is 0 Å². The van der Waals surface area contributed by atoms with E-state index in [1.54, 1.807) is 12.1 Å². The number of hydrogen-bond donors (Lipinski definition) is 3. The summed E-state index contributed by atoms with van der Waals surface area (Å²) in [7, 11) is -0.0624. The number of fused-ring (bicyclic) bond motifs is 3. The van der Waals surface area contributed by atoms with E-state index in [0.29, 0.717) is 32.7 Å². The number of anilines is 4. The predicted molar refractivity (Wildman–Crippen MR) is 394 cm³/mol. The summed E-state index contributed by atoms with van der Waals surface area (Å²) in [6.45, 7) is 28.3. The molecule has 6 aromatic carbocycles. The van der Waals surface area contributed by atoms with Crippen LogP contribution in [0.25, 0.3) is 32.7 Å². The summed E-state index contributed by atoms with van der Waals surface area (Å²) >= 11 is 11.6. The van der Waals surface area contributed by atoms with Crippen LogP contribution in [-0.4, -0.2) is 59.2 Å². The van der Waals surface area contributed by atoms with Gasteiger partial charge < -0.3 is 32.2 Å². The Kier molecular flexibility index (Phi) is 39.0. The van der Waals surface area contributed by atoms with E-state index in [1.807, 2.05) is 163 Å². The molecule has 0 bridgehead atoms. The molecule has 0 saturated carbocycles. The van der Waals surface area contributed by atoms with E-state index in [-0.39, 0.29) is 36.5 Å². The van der Waals surface area contributed by atoms with Crippen LogP contribution in [0.1, 0.15) is 60.1 Å². The molecular weight excluding hydrogens is 1620 g/mol. The van der Waals surface area contributed by atoms with Crippen LogP contribution < -0.4 is 26.5 Å². The molecule has 3 aromatic heterocycles. The molecule has 79 heavy (non-hydrogen) atoms. The fraction of sp³-hybridized carbons (Fsp3) is 0.283. The summed E-state index contributed by atoms with van der Waals surface area (Å²) in [4.78, 5) is 54.6. The number of H-pyrrole nitrogens is 3. The first-order valence-electron chi connectivity index (χ1n) is 26.4. The molecule has 0 aliphatic rings. The van der Waals surface area contributed by atoms with E-state index in [4.69, 9.17) is 4.24 Å². The van der Waals surface area contributed by atoms with Crippen molar-refractivity contribution in [1.82, 2.24) is 29.9 Å². The molecule has 11 nitrogen and oxygen atoms in total. The quantitative estimate of drug-likeness (QED) is 0.0775. The molecule has 0 spiro atoms. The zero-order valence-corrected chi connectivity index (χ0v) is 61.8. The minimum absolute atomic E-state index is 0. The van der Waals surface area contributed by atoms with Gasteiger partial charge in [-0.2, -0.15) is 0 Å². The SMILES string of the molecule is C.CC.CC.CC.C[Si](C)(C)C.II.[2H]n1cnc2ccc(Cc3ccccc3)cc2c1=O.[2H]n1cnc2ccc(N(C)c3ccccc3)cc2c1=O.[2H]n1cnc2ccc(N(C[Si](C)(C)C)c3ccccc3)cc2c1=O.[CH3-].[I][V]([I])[I]. The van der Waals surface area contributed by atoms with E-state index in [2.05, 4.69) is 187 Å². The molecule has 9 rings (SSSR count). The standard InChI is InChI=1S/C18H21N3OSi.C15H13N3O.C15H12N2O.C4H12Si.3C2H6.CH4.CH3.I2.3HI.V/c1-23(2,3)13-21(14-7-5-4-6-8-14)15-9-10-17-16(11-15)18(22)20-12-19-17;1-18(11-5-3-2-4-6-11)12-7-8-14-13(9-12)15(19)17-10-16-14;18-15-13-9-12(6-7-14(13)16-10-17-15)8-11-4-2-1-3-5-11;1-5(2,3)4;3*1-2;;;1-2;;;;/h4-12H,13H2,1-3H3,(H,19,20,22);2-10H,1H3,(H,16,17,19);1-7,9-10H,8H2,(H,16,17,18);1-4H3;3*1-2H3;1H4;1H3;;3*1H;/q;;;;;;;;-1;;;;;+3/p-3/i/hD3. The molecule has 0 unspecified atom stereocenters. The number of benzene rings is 6. The number of para-hydroxylation sites is 2. The topological polar surface area (TPSA) is 144 Å². The van der Waals surface area contributed by atoms with Crippen LogP contribution in [0, 0.1) is 7.43 Å². The van der Waals surface area contributed by atoms with Gasteiger partial charge >= 0.3 is 64.9 Å². The number of hydrogen-bond acceptors (Lipinski definition) is 8. The second kappa shape index (κ2) is 42.8. The van der Waals surface area contributed by atoms with Gasteiger partial charge in [0.15, 0.2) is 4.24 Å². The van der Waals surface area contributed by atoms with Gasteiger partial charge in [-0.25, -0.2) is 15.0 Å². The molecule has 9 aromatic rings. The van der Waals surface area contributed by atoms with Crippen molar-refractivity contribution < 1.29 is 9.16 Å². The average molecular weight is 1710 g/mol. The normalized spacial score (nSPS) is 10.4. The number of rotatable bonds is 8. The molecule has 19 heteroatoms. The summed E-state index contributed by atoms with van der Waals surface area (Å²) < 4.78 is 22.5. The van der Waals surface area contributed by atoms with Crippen LogP contribution in [-0.2, 0) is 11.3 Å². The van der Waals surface area contributed by atoms with Gasteiger partial charge in [-0.05, 0) is 90.3 Å². The van der Waals surface area contributed by atoms with E-state index in [1.165, 1.54) is 24.5 Å². The van der Waals surface area contributed by atoms with E-state index in [9.17, 15) is 14.4 Å². The Morgan fingerprint density at radius 3 is 1.22 bits per heavy atom. The number of nitrogens with one attached hydrogen (secondary N) is 3. The van der Waals surface area contributed by atoms with Crippen molar-refractivity contribution in [1.29, 1.82) is 0 Å². The maximum absolute atomic E-state index is 12.3. The van der Waals surface area contributed by atoms with Crippen molar-refractivity contribution in [2.75, 3.05) is 23.0 Å². The second-order valence-corrected chi connectivity index (χ2v) is 65.3. The van der Waals surface area contributed by atoms with Gasteiger partial charge in [0, 0.05) is 81.3 Å². The molecule has 3 heterocycles. The summed E-state index contributed by atoms with van der Waals surface area (Å²) in [6, 6.07) is 46.9. The molecule has 0 atom stereocenters. The van der Waals surface area contributed by atoms with Gasteiger partial charge in [0.05, 0.1) is 59.8 Å². The van der Waals surface area contributed by atoms with Gasteiger partial charge in [0.25, 0.3) is 16.7 Å². The van der Waals surface area contributed by atoms with Crippen LogP contribution in [0.2, 0.25) is 50.1 Å². The molecule has 0 aliphatic carbocycles. The molecule has 0 fully saturated rings. The number of nitrogens with zero attached hydrogens (tertiary/aromatic N) is 5. The first kappa shape index (κ1) is 72.1. The summed E-state index contributed by atoms with van der Waals surface area (Å²) in [5, 5.41) is 1.41. The molecule has 430 valence electrons. The second-order valence-electron chi connectivity index (χ2n) is 18.5. The van der Waals surface area contributed by atoms with Crippen LogP contribution in [0.5, 0.6) is 0 Å². The fourth-order valence-electron chi connectivity index (χ4n) is 6.65. The van der Waals surface area contributed by atoms with E-state index in [0.717, 1.165) is 55.8 Å². The molecule has 0 aliphatic heterocycles. The molecule has 0 amide bonds. The monoisotopic (exact) mass is 1710 g/mol. The molecule has 0 saturated heterocycles. The Morgan fingerprint density at radius 2 is 0.823 bits per heavy atom. The van der Waals surface area contributed by atoms with Gasteiger partial charge in [0.2, 0.25) is 0 Å². The summed E-state index contributed by atoms with van der Waals surface area (Å²) in [6.07, 6.45) is 5.38. The van der Waals surface area contributed by atoms with Crippen molar-refractivity contribution in [2.45, 2.75) is 101 Å². The molecular formula is C60H83I5N8O3Si2V-. The Bertz CT molecular complexity index is 3390. The fourth-order valence-corrected chi connectivity index (χ4v) is 7.97. The number of halogens is 5. The predicted octanol–water partition coefficient (Wildman–Crippen LogP) is 19.7. The first-order chi connectivity index (χ1) is 38.0. The van der Waals surface area contributed by atoms with E-state index >= 15 is 0 Å². The van der Waals surface area contributed by atoms with Crippen LogP contribution >= 0.6 is 97.2 Å². The number of aromatic amines is 3. The molecule has 3 N–H and O–H groups in total. The van der Waals surface area contributed by atoms with Gasteiger partial charge in [-0.15, -0.1) is 0 Å². The third kappa shape index (κ3) is 30.2. The summed E-state index contributed by atoms with van der Waals surface area (Å²) in [5.74, 6) is 0. The van der Waals surface area contributed by atoms with Gasteiger partial charge in [0.1, 0.15) is 0 Å². The van der Waals surface area contributed by atoms with Gasteiger partial charge in [-0.1, -0.05) is 168 Å². The van der Waals surface area contributed by atoms with Crippen LogP contribution in [0.4, 0.5) is 22.7 Å². The van der Waals surface area contributed by atoms with Crippen molar-refractivity contribution in [2.24, 2.45) is 0 Å². The Labute approximate surface area is 539 Å². The third-order valence-corrected chi connectivity index (χ3v) is 10.9. The Morgan fingerprint density at radius 1 is 0.494 bits per heavy atom. The molecule has 0 radical (unpaired) electrons. The number of aromatic nitrogens is 6. The Balaban J connectivity index is 0. The van der Waals surface area contributed by atoms with Crippen molar-refractivity contribution in [3.05, 3.63) is 214 Å². The summed E-state index contributed by atoms with van der Waals surface area (Å²) in [5.41, 5.74) is 7.02. The van der Waals surface area contributed by atoms with E-state index < -0.39 is 16.1 Å². The third-order valence-electron chi connectivity index (χ3n) is 9.62. The first-order valence-corrected chi connectivity index (χ1v) is 52.6. The zero-order valence-electron chi connectivity index (χ0n) is 50.6.